The maximum Gasteiger partial charge on any atom is 0.339 e. The lowest BCUT2D eigenvalue weighted by atomic mass is 9.97. The molecule has 0 unspecified atom stereocenters. The second kappa shape index (κ2) is 8.66. The summed E-state index contributed by atoms with van der Waals surface area (Å²) in [6, 6.07) is 13.3. The zero-order valence-electron chi connectivity index (χ0n) is 17.5. The molecule has 0 radical (unpaired) electrons. The van der Waals surface area contributed by atoms with Crippen molar-refractivity contribution >= 4 is 28.5 Å². The van der Waals surface area contributed by atoms with Crippen LogP contribution in [0.15, 0.2) is 42.5 Å². The number of hydrogen-bond donors (Lipinski definition) is 1. The molecule has 0 spiro atoms. The van der Waals surface area contributed by atoms with Crippen LogP contribution in [0.4, 0.5) is 5.69 Å². The van der Waals surface area contributed by atoms with E-state index >= 15 is 0 Å². The first kappa shape index (κ1) is 20.1. The van der Waals surface area contributed by atoms with E-state index in [1.807, 2.05) is 56.3 Å². The summed E-state index contributed by atoms with van der Waals surface area (Å²) in [7, 11) is 0. The predicted octanol–water partition coefficient (Wildman–Crippen LogP) is 4.92. The summed E-state index contributed by atoms with van der Waals surface area (Å²) in [6.45, 7) is 3.69. The zero-order chi connectivity index (χ0) is 21.1. The number of rotatable bonds is 4. The Hall–Kier alpha value is -3.21. The second-order valence-electron chi connectivity index (χ2n) is 7.91. The number of pyridine rings is 1. The van der Waals surface area contributed by atoms with E-state index in [2.05, 4.69) is 5.32 Å². The molecule has 5 heteroatoms. The van der Waals surface area contributed by atoms with Crippen LogP contribution in [0.1, 0.15) is 52.0 Å². The summed E-state index contributed by atoms with van der Waals surface area (Å²) in [5, 5.41) is 3.59. The van der Waals surface area contributed by atoms with Gasteiger partial charge in [-0.15, -0.1) is 0 Å². The predicted molar refractivity (Wildman–Crippen MR) is 118 cm³/mol. The number of nitrogens with zero attached hydrogens (tertiary/aromatic N) is 1. The first-order chi connectivity index (χ1) is 14.5. The number of ether oxygens (including phenoxy) is 1. The molecule has 3 aromatic rings. The van der Waals surface area contributed by atoms with Crippen molar-refractivity contribution in [3.05, 3.63) is 70.4 Å². The van der Waals surface area contributed by atoms with Gasteiger partial charge in [0.15, 0.2) is 6.61 Å². The third-order valence-corrected chi connectivity index (χ3v) is 5.75. The topological polar surface area (TPSA) is 68.3 Å². The van der Waals surface area contributed by atoms with Gasteiger partial charge in [0.25, 0.3) is 5.91 Å². The number of carbonyl (C=O) groups is 2. The lowest BCUT2D eigenvalue weighted by Crippen LogP contribution is -2.22. The maximum absolute atomic E-state index is 13.1. The molecule has 0 fully saturated rings. The fourth-order valence-corrected chi connectivity index (χ4v) is 4.00. The number of esters is 1. The van der Waals surface area contributed by atoms with Gasteiger partial charge >= 0.3 is 5.97 Å². The van der Waals surface area contributed by atoms with Crippen LogP contribution in [0.5, 0.6) is 0 Å². The maximum atomic E-state index is 13.1. The molecule has 5 nitrogen and oxygen atoms in total. The zero-order valence-corrected chi connectivity index (χ0v) is 17.5. The van der Waals surface area contributed by atoms with Crippen molar-refractivity contribution in [3.63, 3.8) is 0 Å². The Morgan fingerprint density at radius 3 is 2.63 bits per heavy atom. The number of carbonyl (C=O) groups excluding carboxylic acids is 2. The molecule has 1 N–H and O–H groups in total. The van der Waals surface area contributed by atoms with Crippen LogP contribution in [0.25, 0.3) is 10.9 Å². The minimum absolute atomic E-state index is 0.322. The highest BCUT2D eigenvalue weighted by atomic mass is 16.5. The SMILES string of the molecule is Cc1ccc(NC(=O)COC(=O)c2c3c(nc4ccccc24)CCCCC3)cc1C. The van der Waals surface area contributed by atoms with Crippen molar-refractivity contribution < 1.29 is 14.3 Å². The van der Waals surface area contributed by atoms with Crippen LogP contribution < -0.4 is 5.32 Å². The molecule has 2 aromatic carbocycles. The molecule has 1 aliphatic carbocycles. The van der Waals surface area contributed by atoms with Gasteiger partial charge in [-0.05, 0) is 74.4 Å². The highest BCUT2D eigenvalue weighted by molar-refractivity contribution is 6.06. The molecule has 1 amide bonds. The Morgan fingerprint density at radius 1 is 1.00 bits per heavy atom. The van der Waals surface area contributed by atoms with Gasteiger partial charge in [0, 0.05) is 16.8 Å². The van der Waals surface area contributed by atoms with E-state index in [-0.39, 0.29) is 12.5 Å². The largest absolute Gasteiger partial charge is 0.452 e. The third kappa shape index (κ3) is 4.20. The van der Waals surface area contributed by atoms with Gasteiger partial charge in [-0.2, -0.15) is 0 Å². The van der Waals surface area contributed by atoms with Crippen LogP contribution in [0.3, 0.4) is 0 Å². The number of fused-ring (bicyclic) bond motifs is 2. The summed E-state index contributed by atoms with van der Waals surface area (Å²) < 4.78 is 5.45. The van der Waals surface area contributed by atoms with Gasteiger partial charge in [0.05, 0.1) is 11.1 Å². The molecule has 0 aliphatic heterocycles. The molecule has 4 rings (SSSR count). The van der Waals surface area contributed by atoms with Crippen LogP contribution in [0.2, 0.25) is 0 Å². The highest BCUT2D eigenvalue weighted by Gasteiger charge is 2.23. The molecule has 0 saturated carbocycles. The van der Waals surface area contributed by atoms with Crippen LogP contribution in [-0.4, -0.2) is 23.5 Å². The molecule has 0 atom stereocenters. The van der Waals surface area contributed by atoms with E-state index in [0.717, 1.165) is 65.4 Å². The Labute approximate surface area is 176 Å². The number of benzene rings is 2. The third-order valence-electron chi connectivity index (χ3n) is 5.75. The quantitative estimate of drug-likeness (QED) is 0.497. The van der Waals surface area contributed by atoms with Crippen LogP contribution in [0, 0.1) is 13.8 Å². The van der Waals surface area contributed by atoms with Gasteiger partial charge in [-0.3, -0.25) is 9.78 Å². The number of amides is 1. The molecule has 154 valence electrons. The van der Waals surface area contributed by atoms with Crippen LogP contribution >= 0.6 is 0 Å². The number of anilines is 1. The summed E-state index contributed by atoms with van der Waals surface area (Å²) in [5.41, 5.74) is 6.27. The standard InChI is InChI=1S/C25H26N2O3/c1-16-12-13-18(14-17(16)2)26-23(28)15-30-25(29)24-19-8-4-3-5-10-21(19)27-22-11-7-6-9-20(22)24/h6-7,9,11-14H,3-5,8,10,15H2,1-2H3,(H,26,28). The normalized spacial score (nSPS) is 13.4. The lowest BCUT2D eigenvalue weighted by Gasteiger charge is -2.15. The monoisotopic (exact) mass is 402 g/mol. The van der Waals surface area contributed by atoms with Gasteiger partial charge in [-0.1, -0.05) is 30.7 Å². The molecule has 0 saturated heterocycles. The smallest absolute Gasteiger partial charge is 0.339 e. The summed E-state index contributed by atoms with van der Waals surface area (Å²) >= 11 is 0. The number of hydrogen-bond acceptors (Lipinski definition) is 4. The van der Waals surface area contributed by atoms with E-state index in [0.29, 0.717) is 11.3 Å². The number of aryl methyl sites for hydroxylation is 3. The van der Waals surface area contributed by atoms with Crippen molar-refractivity contribution in [1.29, 1.82) is 0 Å². The van der Waals surface area contributed by atoms with E-state index in [1.165, 1.54) is 0 Å². The second-order valence-corrected chi connectivity index (χ2v) is 7.91. The van der Waals surface area contributed by atoms with Crippen LogP contribution in [-0.2, 0) is 22.4 Å². The van der Waals surface area contributed by atoms with Gasteiger partial charge in [0.2, 0.25) is 0 Å². The fourth-order valence-electron chi connectivity index (χ4n) is 4.00. The minimum Gasteiger partial charge on any atom is -0.452 e. The van der Waals surface area contributed by atoms with E-state index in [4.69, 9.17) is 9.72 Å². The molecule has 0 bridgehead atoms. The number of nitrogens with one attached hydrogen (secondary N) is 1. The molecule has 1 aromatic heterocycles. The Balaban J connectivity index is 1.55. The summed E-state index contributed by atoms with van der Waals surface area (Å²) in [4.78, 5) is 30.2. The fraction of sp³-hybridized carbons (Fsp3) is 0.320. The lowest BCUT2D eigenvalue weighted by molar-refractivity contribution is -0.119. The Morgan fingerprint density at radius 2 is 1.80 bits per heavy atom. The first-order valence-electron chi connectivity index (χ1n) is 10.5. The molecule has 30 heavy (non-hydrogen) atoms. The average molecular weight is 402 g/mol. The van der Waals surface area contributed by atoms with Crippen molar-refractivity contribution in [2.24, 2.45) is 0 Å². The highest BCUT2D eigenvalue weighted by Crippen LogP contribution is 2.29. The molecule has 1 heterocycles. The Kier molecular flexibility index (Phi) is 5.79. The molecular weight excluding hydrogens is 376 g/mol. The van der Waals surface area contributed by atoms with E-state index < -0.39 is 5.97 Å². The number of aromatic nitrogens is 1. The summed E-state index contributed by atoms with van der Waals surface area (Å²) in [6.07, 6.45) is 4.91. The van der Waals surface area contributed by atoms with Gasteiger partial charge in [0.1, 0.15) is 0 Å². The average Bonchev–Trinajstić information content (AvgIpc) is 2.98. The summed E-state index contributed by atoms with van der Waals surface area (Å²) in [5.74, 6) is -0.807. The number of para-hydroxylation sites is 1. The molecule has 1 aliphatic rings. The molecular formula is C25H26N2O3. The van der Waals surface area contributed by atoms with Crippen molar-refractivity contribution in [2.75, 3.05) is 11.9 Å². The van der Waals surface area contributed by atoms with E-state index in [9.17, 15) is 9.59 Å². The Bertz CT molecular complexity index is 1120. The van der Waals surface area contributed by atoms with Gasteiger partial charge < -0.3 is 10.1 Å². The first-order valence-corrected chi connectivity index (χ1v) is 10.5. The van der Waals surface area contributed by atoms with Crippen molar-refractivity contribution in [1.82, 2.24) is 4.98 Å². The van der Waals surface area contributed by atoms with Crippen molar-refractivity contribution in [3.8, 4) is 0 Å². The van der Waals surface area contributed by atoms with Crippen molar-refractivity contribution in [2.45, 2.75) is 46.0 Å². The minimum atomic E-state index is -0.456. The van der Waals surface area contributed by atoms with Gasteiger partial charge in [-0.25, -0.2) is 4.79 Å². The van der Waals surface area contributed by atoms with E-state index in [1.54, 1.807) is 0 Å².